The fourth-order valence-corrected chi connectivity index (χ4v) is 2.00. The van der Waals surface area contributed by atoms with E-state index in [-0.39, 0.29) is 24.1 Å². The van der Waals surface area contributed by atoms with E-state index in [1.807, 2.05) is 0 Å². The molecule has 2 rings (SSSR count). The molecule has 1 aliphatic rings. The zero-order valence-electron chi connectivity index (χ0n) is 10.4. The fraction of sp³-hybridized carbons (Fsp3) is 0.538. The summed E-state index contributed by atoms with van der Waals surface area (Å²) in [5.41, 5.74) is 4.15. The van der Waals surface area contributed by atoms with Gasteiger partial charge in [0.1, 0.15) is 12.4 Å². The summed E-state index contributed by atoms with van der Waals surface area (Å²) in [6, 6.07) is 3.57. The van der Waals surface area contributed by atoms with Crippen LogP contribution in [-0.4, -0.2) is 19.3 Å². The Morgan fingerprint density at radius 2 is 2.11 bits per heavy atom. The smallest absolute Gasteiger partial charge is 0.418 e. The Balaban J connectivity index is 2.00. The summed E-state index contributed by atoms with van der Waals surface area (Å²) in [6.45, 7) is 0.949. The van der Waals surface area contributed by atoms with Crippen LogP contribution in [0.4, 0.5) is 18.9 Å². The predicted octanol–water partition coefficient (Wildman–Crippen LogP) is 3.24. The first-order valence-corrected chi connectivity index (χ1v) is 6.18. The quantitative estimate of drug-likeness (QED) is 0.861. The minimum atomic E-state index is -4.47. The van der Waals surface area contributed by atoms with Gasteiger partial charge in [0.05, 0.1) is 11.7 Å². The highest BCUT2D eigenvalue weighted by Gasteiger charge is 2.33. The molecule has 106 valence electrons. The molecule has 0 aliphatic carbocycles. The summed E-state index contributed by atoms with van der Waals surface area (Å²) in [4.78, 5) is 0. The number of alkyl halides is 3. The maximum Gasteiger partial charge on any atom is 0.418 e. The Hall–Kier alpha value is -1.43. The Kier molecular flexibility index (Phi) is 4.19. The number of anilines is 1. The second-order valence-corrected chi connectivity index (χ2v) is 4.55. The molecule has 1 unspecified atom stereocenters. The van der Waals surface area contributed by atoms with Gasteiger partial charge in [0.15, 0.2) is 0 Å². The molecule has 0 spiro atoms. The summed E-state index contributed by atoms with van der Waals surface area (Å²) in [5, 5.41) is 0. The first-order valence-electron chi connectivity index (χ1n) is 6.18. The summed E-state index contributed by atoms with van der Waals surface area (Å²) in [6.07, 6.45) is -1.55. The normalized spacial score (nSPS) is 20.3. The van der Waals surface area contributed by atoms with Gasteiger partial charge in [-0.25, -0.2) is 0 Å². The molecule has 6 heteroatoms. The zero-order chi connectivity index (χ0) is 13.9. The van der Waals surface area contributed by atoms with Gasteiger partial charge in [0.2, 0.25) is 0 Å². The van der Waals surface area contributed by atoms with E-state index in [1.54, 1.807) is 0 Å². The van der Waals surface area contributed by atoms with E-state index in [2.05, 4.69) is 0 Å². The molecule has 0 amide bonds. The first kappa shape index (κ1) is 14.0. The van der Waals surface area contributed by atoms with Crippen LogP contribution in [0.2, 0.25) is 0 Å². The highest BCUT2D eigenvalue weighted by atomic mass is 19.4. The highest BCUT2D eigenvalue weighted by molar-refractivity contribution is 5.51. The van der Waals surface area contributed by atoms with Gasteiger partial charge >= 0.3 is 6.18 Å². The van der Waals surface area contributed by atoms with Crippen LogP contribution < -0.4 is 10.5 Å². The Morgan fingerprint density at radius 1 is 1.32 bits per heavy atom. The lowest BCUT2D eigenvalue weighted by Crippen LogP contribution is -2.25. The zero-order valence-corrected chi connectivity index (χ0v) is 10.4. The number of rotatable bonds is 3. The molecule has 0 bridgehead atoms. The second-order valence-electron chi connectivity index (χ2n) is 4.55. The number of halogens is 3. The van der Waals surface area contributed by atoms with Crippen LogP contribution in [-0.2, 0) is 10.9 Å². The predicted molar refractivity (Wildman–Crippen MR) is 64.9 cm³/mol. The van der Waals surface area contributed by atoms with E-state index in [0.29, 0.717) is 6.61 Å². The van der Waals surface area contributed by atoms with Crippen molar-refractivity contribution < 1.29 is 22.6 Å². The first-order chi connectivity index (χ1) is 8.97. The number of benzene rings is 1. The molecule has 1 aliphatic heterocycles. The van der Waals surface area contributed by atoms with Crippen molar-refractivity contribution in [1.82, 2.24) is 0 Å². The molecule has 19 heavy (non-hydrogen) atoms. The van der Waals surface area contributed by atoms with Crippen molar-refractivity contribution >= 4 is 5.69 Å². The van der Waals surface area contributed by atoms with Gasteiger partial charge in [-0.1, -0.05) is 0 Å². The third-order valence-electron chi connectivity index (χ3n) is 3.04. The lowest BCUT2D eigenvalue weighted by Gasteiger charge is -2.22. The van der Waals surface area contributed by atoms with Gasteiger partial charge < -0.3 is 15.2 Å². The second kappa shape index (κ2) is 5.69. The standard InChI is InChI=1S/C13H16F3NO2/c14-13(15,16)11-7-9(4-5-12(11)17)19-8-10-3-1-2-6-18-10/h4-5,7,10H,1-3,6,8,17H2. The van der Waals surface area contributed by atoms with E-state index in [0.717, 1.165) is 25.3 Å². The Labute approximate surface area is 109 Å². The Bertz CT molecular complexity index is 428. The van der Waals surface area contributed by atoms with Gasteiger partial charge in [-0.3, -0.25) is 0 Å². The number of nitrogens with two attached hydrogens (primary N) is 1. The van der Waals surface area contributed by atoms with Crippen molar-refractivity contribution in [2.24, 2.45) is 0 Å². The maximum absolute atomic E-state index is 12.7. The topological polar surface area (TPSA) is 44.5 Å². The minimum Gasteiger partial charge on any atom is -0.491 e. The monoisotopic (exact) mass is 275 g/mol. The van der Waals surface area contributed by atoms with Crippen LogP contribution in [0, 0.1) is 0 Å². The molecule has 1 heterocycles. The lowest BCUT2D eigenvalue weighted by atomic mass is 10.1. The van der Waals surface area contributed by atoms with E-state index >= 15 is 0 Å². The minimum absolute atomic E-state index is 0.0411. The van der Waals surface area contributed by atoms with Crippen molar-refractivity contribution in [3.63, 3.8) is 0 Å². The van der Waals surface area contributed by atoms with Gasteiger partial charge in [-0.15, -0.1) is 0 Å². The van der Waals surface area contributed by atoms with Gasteiger partial charge in [0.25, 0.3) is 0 Å². The number of nitrogen functional groups attached to an aromatic ring is 1. The van der Waals surface area contributed by atoms with Gasteiger partial charge in [-0.05, 0) is 37.5 Å². The number of hydrogen-bond acceptors (Lipinski definition) is 3. The summed E-state index contributed by atoms with van der Waals surface area (Å²) in [5.74, 6) is 0.163. The lowest BCUT2D eigenvalue weighted by molar-refractivity contribution is -0.137. The molecule has 3 nitrogen and oxygen atoms in total. The van der Waals surface area contributed by atoms with Crippen molar-refractivity contribution in [3.05, 3.63) is 23.8 Å². The van der Waals surface area contributed by atoms with Crippen molar-refractivity contribution in [2.75, 3.05) is 18.9 Å². The maximum atomic E-state index is 12.7. The van der Waals surface area contributed by atoms with E-state index in [9.17, 15) is 13.2 Å². The molecule has 1 aromatic rings. The highest BCUT2D eigenvalue weighted by Crippen LogP contribution is 2.35. The average molecular weight is 275 g/mol. The van der Waals surface area contributed by atoms with Gasteiger partial charge in [0, 0.05) is 12.3 Å². The van der Waals surface area contributed by atoms with Crippen LogP contribution in [0.25, 0.3) is 0 Å². The van der Waals surface area contributed by atoms with E-state index in [4.69, 9.17) is 15.2 Å². The van der Waals surface area contributed by atoms with Crippen LogP contribution in [0.5, 0.6) is 5.75 Å². The van der Waals surface area contributed by atoms with Crippen molar-refractivity contribution in [3.8, 4) is 5.75 Å². The largest absolute Gasteiger partial charge is 0.491 e. The van der Waals surface area contributed by atoms with Crippen LogP contribution in [0.15, 0.2) is 18.2 Å². The van der Waals surface area contributed by atoms with E-state index in [1.165, 1.54) is 12.1 Å². The molecule has 1 aromatic carbocycles. The SMILES string of the molecule is Nc1ccc(OCC2CCCCO2)cc1C(F)(F)F. The van der Waals surface area contributed by atoms with E-state index < -0.39 is 11.7 Å². The molecule has 0 radical (unpaired) electrons. The molecule has 0 aromatic heterocycles. The third kappa shape index (κ3) is 3.76. The molecular formula is C13H16F3NO2. The average Bonchev–Trinajstić information content (AvgIpc) is 2.37. The van der Waals surface area contributed by atoms with Gasteiger partial charge in [-0.2, -0.15) is 13.2 Å². The van der Waals surface area contributed by atoms with Crippen molar-refractivity contribution in [2.45, 2.75) is 31.5 Å². The number of hydrogen-bond donors (Lipinski definition) is 1. The van der Waals surface area contributed by atoms with Crippen LogP contribution >= 0.6 is 0 Å². The molecule has 1 saturated heterocycles. The summed E-state index contributed by atoms with van der Waals surface area (Å²) in [7, 11) is 0. The molecule has 1 fully saturated rings. The summed E-state index contributed by atoms with van der Waals surface area (Å²) < 4.78 is 48.8. The van der Waals surface area contributed by atoms with Crippen LogP contribution in [0.3, 0.4) is 0 Å². The molecule has 0 saturated carbocycles. The summed E-state index contributed by atoms with van der Waals surface area (Å²) >= 11 is 0. The fourth-order valence-electron chi connectivity index (χ4n) is 2.00. The van der Waals surface area contributed by atoms with Crippen molar-refractivity contribution in [1.29, 1.82) is 0 Å². The molecular weight excluding hydrogens is 259 g/mol. The van der Waals surface area contributed by atoms with Crippen LogP contribution in [0.1, 0.15) is 24.8 Å². The number of ether oxygens (including phenoxy) is 2. The molecule has 2 N–H and O–H groups in total. The Morgan fingerprint density at radius 3 is 2.74 bits per heavy atom. The third-order valence-corrected chi connectivity index (χ3v) is 3.04. The molecule has 1 atom stereocenters.